The van der Waals surface area contributed by atoms with E-state index in [9.17, 15) is 18.0 Å². The molecule has 1 unspecified atom stereocenters. The van der Waals surface area contributed by atoms with Gasteiger partial charge in [0.15, 0.2) is 0 Å². The molecular formula is C16H19F3N2O2. The Hall–Kier alpha value is -2.05. The van der Waals surface area contributed by atoms with Crippen LogP contribution in [0.2, 0.25) is 0 Å². The fourth-order valence-corrected chi connectivity index (χ4v) is 2.30. The summed E-state index contributed by atoms with van der Waals surface area (Å²) in [6.45, 7) is 4.38. The van der Waals surface area contributed by atoms with Crippen LogP contribution in [-0.4, -0.2) is 30.4 Å². The predicted octanol–water partition coefficient (Wildman–Crippen LogP) is 3.58. The topological polar surface area (TPSA) is 50.7 Å². The molecule has 126 valence electrons. The zero-order valence-electron chi connectivity index (χ0n) is 13.0. The predicted molar refractivity (Wildman–Crippen MR) is 80.5 cm³/mol. The first kappa shape index (κ1) is 17.3. The van der Waals surface area contributed by atoms with Crippen molar-refractivity contribution in [1.82, 2.24) is 5.32 Å². The summed E-state index contributed by atoms with van der Waals surface area (Å²) in [6, 6.07) is 4.87. The molecule has 0 aliphatic carbocycles. The van der Waals surface area contributed by atoms with Crippen molar-refractivity contribution in [3.05, 3.63) is 34.9 Å². The molecule has 1 aliphatic heterocycles. The van der Waals surface area contributed by atoms with E-state index in [4.69, 9.17) is 0 Å². The van der Waals surface area contributed by atoms with Gasteiger partial charge in [-0.2, -0.15) is 13.2 Å². The van der Waals surface area contributed by atoms with Gasteiger partial charge in [0.05, 0.1) is 5.71 Å². The third-order valence-corrected chi connectivity index (χ3v) is 3.65. The fraction of sp³-hybridized carbons (Fsp3) is 0.500. The van der Waals surface area contributed by atoms with Crippen LogP contribution in [0.1, 0.15) is 47.7 Å². The maximum atomic E-state index is 12.6. The lowest BCUT2D eigenvalue weighted by Crippen LogP contribution is -2.28. The summed E-state index contributed by atoms with van der Waals surface area (Å²) < 4.78 is 37.8. The smallest absolute Gasteiger partial charge is 0.382 e. The maximum absolute atomic E-state index is 12.6. The fourth-order valence-electron chi connectivity index (χ4n) is 2.30. The number of amides is 1. The number of carbonyl (C=O) groups excluding carboxylic acids is 1. The van der Waals surface area contributed by atoms with E-state index in [-0.39, 0.29) is 18.0 Å². The standard InChI is InChI=1S/C16H19F3N2O2/c1-3-4-7-20-15(22)12-6-5-11(8-10(12)2)13-9-14(23-21-13)16(17,18)19/h5-6,8,14H,3-4,7,9H2,1-2H3,(H,20,22). The lowest BCUT2D eigenvalue weighted by molar-refractivity contribution is -0.212. The van der Waals surface area contributed by atoms with Gasteiger partial charge in [-0.1, -0.05) is 24.6 Å². The quantitative estimate of drug-likeness (QED) is 0.840. The van der Waals surface area contributed by atoms with Gasteiger partial charge in [-0.15, -0.1) is 0 Å². The number of rotatable bonds is 5. The highest BCUT2D eigenvalue weighted by Crippen LogP contribution is 2.31. The molecule has 7 heteroatoms. The minimum Gasteiger partial charge on any atom is -0.382 e. The first-order valence-electron chi connectivity index (χ1n) is 7.51. The first-order valence-corrected chi connectivity index (χ1v) is 7.51. The number of nitrogens with one attached hydrogen (secondary N) is 1. The molecule has 1 heterocycles. The summed E-state index contributed by atoms with van der Waals surface area (Å²) in [5.41, 5.74) is 1.99. The number of aryl methyl sites for hydroxylation is 1. The Morgan fingerprint density at radius 2 is 2.17 bits per heavy atom. The molecule has 0 spiro atoms. The molecule has 0 saturated carbocycles. The van der Waals surface area contributed by atoms with Crippen LogP contribution in [0.4, 0.5) is 13.2 Å². The summed E-state index contributed by atoms with van der Waals surface area (Å²) in [5.74, 6) is -0.180. The summed E-state index contributed by atoms with van der Waals surface area (Å²) in [7, 11) is 0. The Morgan fingerprint density at radius 1 is 1.43 bits per heavy atom. The monoisotopic (exact) mass is 328 g/mol. The highest BCUT2D eigenvalue weighted by atomic mass is 19.4. The van der Waals surface area contributed by atoms with Gasteiger partial charge in [0, 0.05) is 18.5 Å². The number of carbonyl (C=O) groups is 1. The molecule has 1 aliphatic rings. The Kier molecular flexibility index (Phi) is 5.28. The van der Waals surface area contributed by atoms with Crippen LogP contribution in [0.5, 0.6) is 0 Å². The maximum Gasteiger partial charge on any atom is 0.428 e. The molecule has 0 bridgehead atoms. The van der Waals surface area contributed by atoms with Crippen molar-refractivity contribution in [3.8, 4) is 0 Å². The molecule has 0 aromatic heterocycles. The third-order valence-electron chi connectivity index (χ3n) is 3.65. The van der Waals surface area contributed by atoms with Crippen molar-refractivity contribution in [2.75, 3.05) is 6.54 Å². The van der Waals surface area contributed by atoms with Crippen molar-refractivity contribution >= 4 is 11.6 Å². The van der Waals surface area contributed by atoms with E-state index in [2.05, 4.69) is 15.3 Å². The van der Waals surface area contributed by atoms with E-state index in [0.29, 0.717) is 23.2 Å². The molecule has 2 rings (SSSR count). The van der Waals surface area contributed by atoms with Crippen LogP contribution in [0.3, 0.4) is 0 Å². The number of alkyl halides is 3. The Morgan fingerprint density at radius 3 is 2.74 bits per heavy atom. The van der Waals surface area contributed by atoms with Crippen LogP contribution in [0.25, 0.3) is 0 Å². The summed E-state index contributed by atoms with van der Waals surface area (Å²) in [4.78, 5) is 16.5. The number of benzene rings is 1. The molecule has 1 amide bonds. The molecule has 23 heavy (non-hydrogen) atoms. The minimum absolute atomic E-state index is 0.180. The van der Waals surface area contributed by atoms with E-state index >= 15 is 0 Å². The van der Waals surface area contributed by atoms with E-state index in [1.807, 2.05) is 6.92 Å². The molecule has 1 aromatic carbocycles. The van der Waals surface area contributed by atoms with Gasteiger partial charge < -0.3 is 10.2 Å². The van der Waals surface area contributed by atoms with Gasteiger partial charge in [0.25, 0.3) is 5.91 Å². The summed E-state index contributed by atoms with van der Waals surface area (Å²) in [6.07, 6.45) is -4.76. The highest BCUT2D eigenvalue weighted by molar-refractivity contribution is 6.03. The van der Waals surface area contributed by atoms with Gasteiger partial charge in [-0.3, -0.25) is 4.79 Å². The van der Waals surface area contributed by atoms with Crippen molar-refractivity contribution in [3.63, 3.8) is 0 Å². The molecule has 0 fully saturated rings. The van der Waals surface area contributed by atoms with Crippen LogP contribution in [0.15, 0.2) is 23.4 Å². The van der Waals surface area contributed by atoms with Crippen LogP contribution in [0, 0.1) is 6.92 Å². The molecular weight excluding hydrogens is 309 g/mol. The first-order chi connectivity index (χ1) is 10.8. The second-order valence-electron chi connectivity index (χ2n) is 5.52. The molecule has 1 N–H and O–H groups in total. The van der Waals surface area contributed by atoms with E-state index in [1.54, 1.807) is 25.1 Å². The van der Waals surface area contributed by atoms with Gasteiger partial charge in [0.2, 0.25) is 6.10 Å². The highest BCUT2D eigenvalue weighted by Gasteiger charge is 2.45. The average Bonchev–Trinajstić information content (AvgIpc) is 2.97. The Bertz CT molecular complexity index is 612. The second kappa shape index (κ2) is 7.02. The van der Waals surface area contributed by atoms with Gasteiger partial charge in [0.1, 0.15) is 0 Å². The van der Waals surface area contributed by atoms with Crippen LogP contribution < -0.4 is 5.32 Å². The van der Waals surface area contributed by atoms with Crippen molar-refractivity contribution in [2.24, 2.45) is 5.16 Å². The molecule has 1 aromatic rings. The van der Waals surface area contributed by atoms with E-state index in [1.165, 1.54) is 0 Å². The van der Waals surface area contributed by atoms with Crippen molar-refractivity contribution in [1.29, 1.82) is 0 Å². The number of hydrogen-bond donors (Lipinski definition) is 1. The minimum atomic E-state index is -4.43. The Labute approximate surface area is 132 Å². The SMILES string of the molecule is CCCCNC(=O)c1ccc(C2=NOC(C(F)(F)F)C2)cc1C. The van der Waals surface area contributed by atoms with Gasteiger partial charge in [-0.05, 0) is 36.6 Å². The molecule has 4 nitrogen and oxygen atoms in total. The van der Waals surface area contributed by atoms with Crippen molar-refractivity contribution < 1.29 is 22.8 Å². The summed E-state index contributed by atoms with van der Waals surface area (Å²) >= 11 is 0. The number of nitrogens with zero attached hydrogens (tertiary/aromatic N) is 1. The zero-order valence-corrected chi connectivity index (χ0v) is 13.0. The number of hydrogen-bond acceptors (Lipinski definition) is 3. The van der Waals surface area contributed by atoms with Crippen LogP contribution >= 0.6 is 0 Å². The second-order valence-corrected chi connectivity index (χ2v) is 5.52. The average molecular weight is 328 g/mol. The lowest BCUT2D eigenvalue weighted by atomic mass is 9.99. The number of halogens is 3. The Balaban J connectivity index is 2.07. The van der Waals surface area contributed by atoms with Gasteiger partial charge in [-0.25, -0.2) is 0 Å². The van der Waals surface area contributed by atoms with Crippen molar-refractivity contribution in [2.45, 2.75) is 45.4 Å². The lowest BCUT2D eigenvalue weighted by Gasteiger charge is -2.12. The molecule has 1 atom stereocenters. The normalized spacial score (nSPS) is 17.6. The molecule has 0 radical (unpaired) electrons. The largest absolute Gasteiger partial charge is 0.428 e. The molecule has 0 saturated heterocycles. The third kappa shape index (κ3) is 4.24. The number of unbranched alkanes of at least 4 members (excludes halogenated alkanes) is 1. The number of oxime groups is 1. The van der Waals surface area contributed by atoms with E-state index < -0.39 is 12.3 Å². The van der Waals surface area contributed by atoms with E-state index in [0.717, 1.165) is 12.8 Å². The summed E-state index contributed by atoms with van der Waals surface area (Å²) in [5, 5.41) is 6.34. The van der Waals surface area contributed by atoms with Crippen LogP contribution in [-0.2, 0) is 4.84 Å². The van der Waals surface area contributed by atoms with Gasteiger partial charge >= 0.3 is 6.18 Å². The zero-order chi connectivity index (χ0) is 17.0.